The molecule has 0 aromatic rings. The molecule has 1 heterocycles. The van der Waals surface area contributed by atoms with E-state index in [-0.39, 0.29) is 12.0 Å². The van der Waals surface area contributed by atoms with E-state index in [0.29, 0.717) is 23.8 Å². The molecule has 1 saturated heterocycles. The van der Waals surface area contributed by atoms with Crippen LogP contribution in [-0.2, 0) is 9.53 Å². The third kappa shape index (κ3) is 3.53. The Balaban J connectivity index is 1.88. The number of nitrogens with two attached hydrogens (primary N) is 1. The SMILES string of the molecule is CCOC1CCN(C(=O)C2CC(N)C(C)CC2C)CC1. The molecule has 1 amide bonds. The zero-order chi connectivity index (χ0) is 14.7. The maximum atomic E-state index is 12.7. The van der Waals surface area contributed by atoms with Crippen LogP contribution in [0.3, 0.4) is 0 Å². The van der Waals surface area contributed by atoms with E-state index in [2.05, 4.69) is 13.8 Å². The van der Waals surface area contributed by atoms with Crippen LogP contribution in [0.2, 0.25) is 0 Å². The molecule has 0 radical (unpaired) electrons. The number of ether oxygens (including phenoxy) is 1. The highest BCUT2D eigenvalue weighted by atomic mass is 16.5. The van der Waals surface area contributed by atoms with Gasteiger partial charge in [0.2, 0.25) is 5.91 Å². The van der Waals surface area contributed by atoms with Gasteiger partial charge in [-0.2, -0.15) is 0 Å². The molecule has 20 heavy (non-hydrogen) atoms. The highest BCUT2D eigenvalue weighted by molar-refractivity contribution is 5.79. The molecule has 0 aromatic heterocycles. The van der Waals surface area contributed by atoms with Crippen molar-refractivity contribution in [3.05, 3.63) is 0 Å². The molecule has 0 bridgehead atoms. The van der Waals surface area contributed by atoms with Crippen LogP contribution in [0.1, 0.15) is 46.5 Å². The van der Waals surface area contributed by atoms with E-state index in [1.807, 2.05) is 11.8 Å². The Morgan fingerprint density at radius 2 is 1.85 bits per heavy atom. The molecule has 1 aliphatic carbocycles. The molecule has 4 nitrogen and oxygen atoms in total. The fourth-order valence-corrected chi connectivity index (χ4v) is 3.74. The first-order valence-corrected chi connectivity index (χ1v) is 8.18. The highest BCUT2D eigenvalue weighted by Gasteiger charge is 2.37. The first kappa shape index (κ1) is 15.8. The van der Waals surface area contributed by atoms with Gasteiger partial charge in [0.05, 0.1) is 6.10 Å². The molecule has 2 rings (SSSR count). The fourth-order valence-electron chi connectivity index (χ4n) is 3.74. The van der Waals surface area contributed by atoms with Gasteiger partial charge in [0.1, 0.15) is 0 Å². The van der Waals surface area contributed by atoms with Crippen LogP contribution < -0.4 is 5.73 Å². The number of nitrogens with zero attached hydrogens (tertiary/aromatic N) is 1. The lowest BCUT2D eigenvalue weighted by Crippen LogP contribution is -2.49. The lowest BCUT2D eigenvalue weighted by atomic mass is 9.72. The van der Waals surface area contributed by atoms with Crippen molar-refractivity contribution in [2.75, 3.05) is 19.7 Å². The zero-order valence-electron chi connectivity index (χ0n) is 13.2. The molecule has 0 spiro atoms. The van der Waals surface area contributed by atoms with Gasteiger partial charge in [0, 0.05) is 31.7 Å². The Morgan fingerprint density at radius 1 is 1.20 bits per heavy atom. The lowest BCUT2D eigenvalue weighted by molar-refractivity contribution is -0.141. The van der Waals surface area contributed by atoms with Gasteiger partial charge >= 0.3 is 0 Å². The number of likely N-dealkylation sites (tertiary alicyclic amines) is 1. The van der Waals surface area contributed by atoms with Crippen molar-refractivity contribution in [1.82, 2.24) is 4.90 Å². The largest absolute Gasteiger partial charge is 0.378 e. The third-order valence-electron chi connectivity index (χ3n) is 5.16. The molecule has 0 aromatic carbocycles. The average Bonchev–Trinajstić information content (AvgIpc) is 2.43. The number of carbonyl (C=O) groups is 1. The number of hydrogen-bond donors (Lipinski definition) is 1. The Bertz CT molecular complexity index is 326. The number of carbonyl (C=O) groups excluding carboxylic acids is 1. The minimum absolute atomic E-state index is 0.129. The molecule has 2 fully saturated rings. The highest BCUT2D eigenvalue weighted by Crippen LogP contribution is 2.34. The van der Waals surface area contributed by atoms with Gasteiger partial charge in [0.15, 0.2) is 0 Å². The average molecular weight is 282 g/mol. The fraction of sp³-hybridized carbons (Fsp3) is 0.938. The second-order valence-corrected chi connectivity index (χ2v) is 6.68. The molecule has 2 N–H and O–H groups in total. The van der Waals surface area contributed by atoms with Crippen LogP contribution in [0.4, 0.5) is 0 Å². The summed E-state index contributed by atoms with van der Waals surface area (Å²) < 4.78 is 5.65. The summed E-state index contributed by atoms with van der Waals surface area (Å²) in [5.41, 5.74) is 6.17. The summed E-state index contributed by atoms with van der Waals surface area (Å²) in [6, 6.07) is 0.182. The molecule has 1 aliphatic heterocycles. The van der Waals surface area contributed by atoms with E-state index < -0.39 is 0 Å². The first-order chi connectivity index (χ1) is 9.52. The summed E-state index contributed by atoms with van der Waals surface area (Å²) in [5, 5.41) is 0. The van der Waals surface area contributed by atoms with Gasteiger partial charge in [-0.05, 0) is 44.4 Å². The summed E-state index contributed by atoms with van der Waals surface area (Å²) in [4.78, 5) is 14.8. The number of piperidine rings is 1. The van der Waals surface area contributed by atoms with Crippen molar-refractivity contribution in [3.63, 3.8) is 0 Å². The van der Waals surface area contributed by atoms with Gasteiger partial charge in [0.25, 0.3) is 0 Å². The second kappa shape index (κ2) is 6.90. The summed E-state index contributed by atoms with van der Waals surface area (Å²) in [7, 11) is 0. The molecule has 4 atom stereocenters. The number of amides is 1. The minimum Gasteiger partial charge on any atom is -0.378 e. The van der Waals surface area contributed by atoms with E-state index in [9.17, 15) is 4.79 Å². The van der Waals surface area contributed by atoms with Gasteiger partial charge in [-0.3, -0.25) is 4.79 Å². The second-order valence-electron chi connectivity index (χ2n) is 6.68. The summed E-state index contributed by atoms with van der Waals surface area (Å²) in [6.45, 7) is 8.90. The van der Waals surface area contributed by atoms with E-state index in [4.69, 9.17) is 10.5 Å². The van der Waals surface area contributed by atoms with Crippen LogP contribution >= 0.6 is 0 Å². The van der Waals surface area contributed by atoms with Crippen molar-refractivity contribution in [3.8, 4) is 0 Å². The molecule has 4 heteroatoms. The van der Waals surface area contributed by atoms with Gasteiger partial charge in [-0.25, -0.2) is 0 Å². The van der Waals surface area contributed by atoms with Crippen LogP contribution in [0.15, 0.2) is 0 Å². The quantitative estimate of drug-likeness (QED) is 0.861. The Labute approximate surface area is 123 Å². The maximum absolute atomic E-state index is 12.7. The predicted octanol–water partition coefficient (Wildman–Crippen LogP) is 2.02. The molecule has 1 saturated carbocycles. The molecule has 4 unspecified atom stereocenters. The molecule has 2 aliphatic rings. The Kier molecular flexibility index (Phi) is 5.44. The van der Waals surface area contributed by atoms with Crippen LogP contribution in [-0.4, -0.2) is 42.6 Å². The lowest BCUT2D eigenvalue weighted by Gasteiger charge is -2.40. The van der Waals surface area contributed by atoms with Gasteiger partial charge in [-0.1, -0.05) is 13.8 Å². The summed E-state index contributed by atoms with van der Waals surface area (Å²) >= 11 is 0. The zero-order valence-corrected chi connectivity index (χ0v) is 13.2. The van der Waals surface area contributed by atoms with Gasteiger partial charge < -0.3 is 15.4 Å². The molecule has 116 valence electrons. The predicted molar refractivity (Wildman–Crippen MR) is 80.3 cm³/mol. The van der Waals surface area contributed by atoms with Crippen molar-refractivity contribution in [2.45, 2.75) is 58.6 Å². The van der Waals surface area contributed by atoms with Crippen LogP contribution in [0.5, 0.6) is 0 Å². The number of rotatable bonds is 3. The van der Waals surface area contributed by atoms with Crippen molar-refractivity contribution in [2.24, 2.45) is 23.5 Å². The summed E-state index contributed by atoms with van der Waals surface area (Å²) in [5.74, 6) is 1.46. The Morgan fingerprint density at radius 3 is 2.45 bits per heavy atom. The van der Waals surface area contributed by atoms with E-state index in [1.54, 1.807) is 0 Å². The van der Waals surface area contributed by atoms with E-state index in [0.717, 1.165) is 45.4 Å². The van der Waals surface area contributed by atoms with Crippen molar-refractivity contribution >= 4 is 5.91 Å². The Hall–Kier alpha value is -0.610. The minimum atomic E-state index is 0.129. The van der Waals surface area contributed by atoms with Crippen molar-refractivity contribution in [1.29, 1.82) is 0 Å². The summed E-state index contributed by atoms with van der Waals surface area (Å²) in [6.07, 6.45) is 4.22. The maximum Gasteiger partial charge on any atom is 0.226 e. The van der Waals surface area contributed by atoms with Crippen LogP contribution in [0.25, 0.3) is 0 Å². The number of hydrogen-bond acceptors (Lipinski definition) is 3. The first-order valence-electron chi connectivity index (χ1n) is 8.18. The normalized spacial score (nSPS) is 36.1. The van der Waals surface area contributed by atoms with E-state index >= 15 is 0 Å². The monoisotopic (exact) mass is 282 g/mol. The standard InChI is InChI=1S/C16H30N2O2/c1-4-20-13-5-7-18(8-6-13)16(19)14-10-15(17)12(3)9-11(14)2/h11-15H,4-10,17H2,1-3H3. The third-order valence-corrected chi connectivity index (χ3v) is 5.16. The van der Waals surface area contributed by atoms with Gasteiger partial charge in [-0.15, -0.1) is 0 Å². The van der Waals surface area contributed by atoms with E-state index in [1.165, 1.54) is 0 Å². The van der Waals surface area contributed by atoms with Crippen LogP contribution in [0, 0.1) is 17.8 Å². The molecular weight excluding hydrogens is 252 g/mol. The topological polar surface area (TPSA) is 55.6 Å². The molecular formula is C16H30N2O2. The smallest absolute Gasteiger partial charge is 0.226 e. The van der Waals surface area contributed by atoms with Crippen molar-refractivity contribution < 1.29 is 9.53 Å².